The van der Waals surface area contributed by atoms with Crippen molar-refractivity contribution >= 4 is 23.5 Å². The lowest BCUT2D eigenvalue weighted by Gasteiger charge is -2.41. The maximum Gasteiger partial charge on any atom is 0.182 e. The Balaban J connectivity index is 1.93. The smallest absolute Gasteiger partial charge is 0.182 e. The molecule has 1 aromatic carbocycles. The Hall–Kier alpha value is -1.28. The number of carbonyl (C=O) groups is 1. The number of piperidine rings is 3. The lowest BCUT2D eigenvalue weighted by atomic mass is 9.84. The maximum absolute atomic E-state index is 12.1. The molecule has 0 aliphatic carbocycles. The van der Waals surface area contributed by atoms with Gasteiger partial charge in [-0.1, -0.05) is 23.7 Å². The Morgan fingerprint density at radius 1 is 1.18 bits per heavy atom. The standard InChI is InChI=1S/C14H14ClNO/c15-12-3-1-10(2-4-12)9-13-14(17)11-5-7-16(13)8-6-11/h1-4,9,11H,5-8H2/b13-9-. The van der Waals surface area contributed by atoms with Crippen molar-refractivity contribution in [2.75, 3.05) is 13.1 Å². The molecule has 0 spiro atoms. The van der Waals surface area contributed by atoms with Crippen LogP contribution < -0.4 is 0 Å². The minimum absolute atomic E-state index is 0.263. The van der Waals surface area contributed by atoms with Crippen LogP contribution in [0, 0.1) is 5.92 Å². The molecule has 3 heterocycles. The van der Waals surface area contributed by atoms with Gasteiger partial charge in [-0.2, -0.15) is 0 Å². The minimum atomic E-state index is 0.263. The Labute approximate surface area is 106 Å². The normalized spacial score (nSPS) is 22.5. The summed E-state index contributed by atoms with van der Waals surface area (Å²) < 4.78 is 0. The molecule has 2 nitrogen and oxygen atoms in total. The fourth-order valence-corrected chi connectivity index (χ4v) is 2.75. The molecule has 0 amide bonds. The zero-order valence-electron chi connectivity index (χ0n) is 9.53. The summed E-state index contributed by atoms with van der Waals surface area (Å²) in [7, 11) is 0. The van der Waals surface area contributed by atoms with Gasteiger partial charge >= 0.3 is 0 Å². The summed E-state index contributed by atoms with van der Waals surface area (Å²) in [4.78, 5) is 14.3. The molecular weight excluding hydrogens is 234 g/mol. The van der Waals surface area contributed by atoms with E-state index in [2.05, 4.69) is 4.90 Å². The molecule has 4 rings (SSSR count). The van der Waals surface area contributed by atoms with Gasteiger partial charge in [-0.05, 0) is 36.6 Å². The fourth-order valence-electron chi connectivity index (χ4n) is 2.63. The van der Waals surface area contributed by atoms with Gasteiger partial charge < -0.3 is 4.90 Å². The molecule has 0 unspecified atom stereocenters. The average Bonchev–Trinajstić information content (AvgIpc) is 2.37. The summed E-state index contributed by atoms with van der Waals surface area (Å²) >= 11 is 5.85. The topological polar surface area (TPSA) is 20.3 Å². The third kappa shape index (κ3) is 1.98. The molecule has 0 radical (unpaired) electrons. The van der Waals surface area contributed by atoms with E-state index in [1.165, 1.54) is 0 Å². The lowest BCUT2D eigenvalue weighted by Crippen LogP contribution is -2.45. The van der Waals surface area contributed by atoms with E-state index in [-0.39, 0.29) is 5.92 Å². The van der Waals surface area contributed by atoms with E-state index >= 15 is 0 Å². The number of benzene rings is 1. The van der Waals surface area contributed by atoms with Crippen molar-refractivity contribution in [3.05, 3.63) is 40.5 Å². The highest BCUT2D eigenvalue weighted by Gasteiger charge is 2.36. The van der Waals surface area contributed by atoms with Crippen molar-refractivity contribution < 1.29 is 4.79 Å². The molecule has 0 aromatic heterocycles. The number of hydrogen-bond donors (Lipinski definition) is 0. The van der Waals surface area contributed by atoms with Gasteiger partial charge in [-0.25, -0.2) is 0 Å². The first-order chi connectivity index (χ1) is 8.24. The maximum atomic E-state index is 12.1. The third-order valence-corrected chi connectivity index (χ3v) is 3.88. The molecule has 1 aromatic rings. The first-order valence-corrected chi connectivity index (χ1v) is 6.38. The highest BCUT2D eigenvalue weighted by molar-refractivity contribution is 6.30. The van der Waals surface area contributed by atoms with E-state index < -0.39 is 0 Å². The molecule has 17 heavy (non-hydrogen) atoms. The number of allylic oxidation sites excluding steroid dienone is 1. The van der Waals surface area contributed by atoms with Crippen LogP contribution in [0.3, 0.4) is 0 Å². The zero-order chi connectivity index (χ0) is 11.8. The molecule has 0 saturated carbocycles. The van der Waals surface area contributed by atoms with E-state index in [0.717, 1.165) is 42.2 Å². The fraction of sp³-hybridized carbons (Fsp3) is 0.357. The first kappa shape index (κ1) is 10.8. The second kappa shape index (κ2) is 4.19. The lowest BCUT2D eigenvalue weighted by molar-refractivity contribution is -0.125. The van der Waals surface area contributed by atoms with Crippen molar-refractivity contribution in [2.24, 2.45) is 5.92 Å². The van der Waals surface area contributed by atoms with Gasteiger partial charge in [0.25, 0.3) is 0 Å². The van der Waals surface area contributed by atoms with Crippen molar-refractivity contribution in [1.29, 1.82) is 0 Å². The van der Waals surface area contributed by atoms with Gasteiger partial charge in [0.15, 0.2) is 5.78 Å². The molecule has 3 aliphatic heterocycles. The van der Waals surface area contributed by atoms with Crippen LogP contribution in [0.4, 0.5) is 0 Å². The molecule has 0 N–H and O–H groups in total. The molecule has 3 fully saturated rings. The van der Waals surface area contributed by atoms with Crippen LogP contribution in [0.15, 0.2) is 30.0 Å². The van der Waals surface area contributed by atoms with Gasteiger partial charge in [0.05, 0.1) is 5.70 Å². The number of carbonyl (C=O) groups excluding carboxylic acids is 1. The molecule has 0 atom stereocenters. The summed E-state index contributed by atoms with van der Waals surface area (Å²) in [6, 6.07) is 7.61. The van der Waals surface area contributed by atoms with Crippen molar-refractivity contribution in [3.8, 4) is 0 Å². The van der Waals surface area contributed by atoms with Gasteiger partial charge in [0.2, 0.25) is 0 Å². The summed E-state index contributed by atoms with van der Waals surface area (Å²) in [6.45, 7) is 2.05. The molecular formula is C14H14ClNO. The van der Waals surface area contributed by atoms with Crippen LogP contribution in [0.1, 0.15) is 18.4 Å². The van der Waals surface area contributed by atoms with Crippen LogP contribution in [0.25, 0.3) is 6.08 Å². The van der Waals surface area contributed by atoms with Gasteiger partial charge in [-0.15, -0.1) is 0 Å². The van der Waals surface area contributed by atoms with Gasteiger partial charge in [0, 0.05) is 24.0 Å². The SMILES string of the molecule is O=C1/C(=C/c2ccc(Cl)cc2)N2CCC1CC2. The molecule has 3 saturated heterocycles. The predicted octanol–water partition coefficient (Wildman–Crippen LogP) is 2.98. The van der Waals surface area contributed by atoms with Crippen molar-refractivity contribution in [1.82, 2.24) is 4.90 Å². The molecule has 3 heteroatoms. The number of halogens is 1. The van der Waals surface area contributed by atoms with Gasteiger partial charge in [0.1, 0.15) is 0 Å². The third-order valence-electron chi connectivity index (χ3n) is 3.63. The summed E-state index contributed by atoms with van der Waals surface area (Å²) in [6.07, 6.45) is 4.04. The van der Waals surface area contributed by atoms with Crippen LogP contribution in [-0.4, -0.2) is 23.8 Å². The van der Waals surface area contributed by atoms with Crippen molar-refractivity contribution in [2.45, 2.75) is 12.8 Å². The summed E-state index contributed by atoms with van der Waals surface area (Å²) in [5.41, 5.74) is 1.93. The number of hydrogen-bond acceptors (Lipinski definition) is 2. The number of nitrogens with zero attached hydrogens (tertiary/aromatic N) is 1. The summed E-state index contributed by atoms with van der Waals surface area (Å²) in [5.74, 6) is 0.580. The number of rotatable bonds is 1. The minimum Gasteiger partial charge on any atom is -0.369 e. The Bertz CT molecular complexity index is 470. The Kier molecular flexibility index (Phi) is 2.67. The van der Waals surface area contributed by atoms with Gasteiger partial charge in [-0.3, -0.25) is 4.79 Å². The van der Waals surface area contributed by atoms with Crippen LogP contribution >= 0.6 is 11.6 Å². The molecule has 3 aliphatic rings. The second-order valence-corrected chi connectivity index (χ2v) is 5.14. The number of fused-ring (bicyclic) bond motifs is 3. The average molecular weight is 248 g/mol. The zero-order valence-corrected chi connectivity index (χ0v) is 10.3. The highest BCUT2D eigenvalue weighted by atomic mass is 35.5. The Morgan fingerprint density at radius 3 is 2.41 bits per heavy atom. The highest BCUT2D eigenvalue weighted by Crippen LogP contribution is 2.32. The molecule has 88 valence electrons. The second-order valence-electron chi connectivity index (χ2n) is 4.71. The monoisotopic (exact) mass is 247 g/mol. The van der Waals surface area contributed by atoms with E-state index in [1.54, 1.807) is 0 Å². The first-order valence-electron chi connectivity index (χ1n) is 6.00. The van der Waals surface area contributed by atoms with Crippen LogP contribution in [0.5, 0.6) is 0 Å². The van der Waals surface area contributed by atoms with E-state index in [9.17, 15) is 4.79 Å². The Morgan fingerprint density at radius 2 is 1.82 bits per heavy atom. The van der Waals surface area contributed by atoms with Crippen LogP contribution in [-0.2, 0) is 4.79 Å². The molecule has 2 bridgehead atoms. The van der Waals surface area contributed by atoms with Crippen LogP contribution in [0.2, 0.25) is 5.02 Å². The number of ketones is 1. The largest absolute Gasteiger partial charge is 0.369 e. The van der Waals surface area contributed by atoms with E-state index in [1.807, 2.05) is 30.3 Å². The van der Waals surface area contributed by atoms with Crippen molar-refractivity contribution in [3.63, 3.8) is 0 Å². The van der Waals surface area contributed by atoms with E-state index in [4.69, 9.17) is 11.6 Å². The predicted molar refractivity (Wildman–Crippen MR) is 68.7 cm³/mol. The van der Waals surface area contributed by atoms with E-state index in [0.29, 0.717) is 5.78 Å². The quantitative estimate of drug-likeness (QED) is 0.711. The summed E-state index contributed by atoms with van der Waals surface area (Å²) in [5, 5.41) is 0.726. The number of Topliss-reactive ketones (excluding diaryl/α,β-unsaturated/α-hetero) is 1.